The van der Waals surface area contributed by atoms with Gasteiger partial charge in [-0.2, -0.15) is 4.98 Å². The number of hydrogen-bond donors (Lipinski definition) is 1. The van der Waals surface area contributed by atoms with Crippen molar-refractivity contribution in [1.29, 1.82) is 0 Å². The summed E-state index contributed by atoms with van der Waals surface area (Å²) in [5, 5.41) is 4.58. The summed E-state index contributed by atoms with van der Waals surface area (Å²) in [7, 11) is 3.69. The Balaban J connectivity index is 1.24. The number of morpholine rings is 1. The number of benzene rings is 1. The molecule has 3 aliphatic rings. The van der Waals surface area contributed by atoms with Crippen molar-refractivity contribution >= 4 is 28.0 Å². The smallest absolute Gasteiger partial charge is 0.253 e. The summed E-state index contributed by atoms with van der Waals surface area (Å²) in [4.78, 5) is 25.2. The Morgan fingerprint density at radius 3 is 2.89 bits per heavy atom. The van der Waals surface area contributed by atoms with Crippen LogP contribution in [0.1, 0.15) is 29.6 Å². The molecule has 1 amide bonds. The summed E-state index contributed by atoms with van der Waals surface area (Å²) in [6.45, 7) is 3.89. The Hall–Kier alpha value is -3.43. The average molecular weight is 501 g/mol. The van der Waals surface area contributed by atoms with E-state index in [-0.39, 0.29) is 18.1 Å². The molecule has 5 heterocycles. The van der Waals surface area contributed by atoms with E-state index in [0.29, 0.717) is 30.5 Å². The van der Waals surface area contributed by atoms with Crippen molar-refractivity contribution in [2.75, 3.05) is 33.4 Å². The van der Waals surface area contributed by atoms with Gasteiger partial charge in [0.15, 0.2) is 5.82 Å². The molecule has 1 N–H and O–H groups in total. The topological polar surface area (TPSA) is 86.4 Å². The Kier molecular flexibility index (Phi) is 5.44. The maximum absolute atomic E-state index is 13.4. The molecular weight excluding hydrogens is 468 g/mol. The molecular formula is C28H32N6O3. The van der Waals surface area contributed by atoms with Crippen molar-refractivity contribution < 1.29 is 14.3 Å². The van der Waals surface area contributed by atoms with Crippen molar-refractivity contribution in [3.8, 4) is 17.4 Å². The Morgan fingerprint density at radius 1 is 1.16 bits per heavy atom. The van der Waals surface area contributed by atoms with E-state index in [2.05, 4.69) is 26.6 Å². The number of fused-ring (bicyclic) bond motifs is 3. The highest BCUT2D eigenvalue weighted by molar-refractivity contribution is 5.98. The number of carbonyl (C=O) groups excluding carboxylic acids is 1. The first-order valence-corrected chi connectivity index (χ1v) is 13.2. The van der Waals surface area contributed by atoms with Crippen molar-refractivity contribution in [3.63, 3.8) is 0 Å². The SMILES string of the molecule is COc1ccc2cc(-c3nc4cc(C(=O)N5CCC6OCCN[C@H]6C5)ccc4n3C)n(CC3CC3)c2n1. The predicted octanol–water partition coefficient (Wildman–Crippen LogP) is 3.21. The molecule has 0 radical (unpaired) electrons. The summed E-state index contributed by atoms with van der Waals surface area (Å²) >= 11 is 0. The molecule has 0 bridgehead atoms. The van der Waals surface area contributed by atoms with Crippen LogP contribution in [0.4, 0.5) is 0 Å². The van der Waals surface area contributed by atoms with Crippen LogP contribution in [0.15, 0.2) is 36.4 Å². The molecule has 2 aliphatic heterocycles. The summed E-state index contributed by atoms with van der Waals surface area (Å²) in [6.07, 6.45) is 3.56. The van der Waals surface area contributed by atoms with Gasteiger partial charge >= 0.3 is 0 Å². The van der Waals surface area contributed by atoms with Crippen LogP contribution in [-0.2, 0) is 18.3 Å². The van der Waals surface area contributed by atoms with Gasteiger partial charge in [-0.05, 0) is 55.5 Å². The van der Waals surface area contributed by atoms with Crippen molar-refractivity contribution in [3.05, 3.63) is 42.0 Å². The van der Waals surface area contributed by atoms with Gasteiger partial charge in [-0.15, -0.1) is 0 Å². The zero-order valence-electron chi connectivity index (χ0n) is 21.3. The molecule has 0 spiro atoms. The number of aromatic nitrogens is 4. The molecule has 1 aliphatic carbocycles. The number of imidazole rings is 1. The lowest BCUT2D eigenvalue weighted by Crippen LogP contribution is -2.59. The van der Waals surface area contributed by atoms with E-state index in [1.54, 1.807) is 7.11 Å². The molecule has 9 nitrogen and oxygen atoms in total. The molecule has 37 heavy (non-hydrogen) atoms. The number of likely N-dealkylation sites (tertiary alicyclic amines) is 1. The van der Waals surface area contributed by atoms with E-state index in [9.17, 15) is 4.79 Å². The van der Waals surface area contributed by atoms with Gasteiger partial charge in [-0.25, -0.2) is 4.98 Å². The lowest BCUT2D eigenvalue weighted by atomic mass is 9.99. The number of amides is 1. The molecule has 1 unspecified atom stereocenters. The average Bonchev–Trinajstić information content (AvgIpc) is 3.61. The molecule has 1 saturated carbocycles. The van der Waals surface area contributed by atoms with Crippen molar-refractivity contribution in [2.24, 2.45) is 13.0 Å². The third-order valence-electron chi connectivity index (χ3n) is 8.10. The molecule has 192 valence electrons. The quantitative estimate of drug-likeness (QED) is 0.453. The fourth-order valence-corrected chi connectivity index (χ4v) is 5.86. The number of methoxy groups -OCH3 is 1. The van der Waals surface area contributed by atoms with E-state index < -0.39 is 0 Å². The number of pyridine rings is 1. The van der Waals surface area contributed by atoms with Gasteiger partial charge in [0, 0.05) is 50.2 Å². The zero-order valence-corrected chi connectivity index (χ0v) is 21.3. The number of carbonyl (C=O) groups is 1. The van der Waals surface area contributed by atoms with Crippen LogP contribution >= 0.6 is 0 Å². The van der Waals surface area contributed by atoms with Gasteiger partial charge in [-0.1, -0.05) is 0 Å². The van der Waals surface area contributed by atoms with Crippen LogP contribution in [0.25, 0.3) is 33.6 Å². The number of nitrogens with one attached hydrogen (secondary N) is 1. The fourth-order valence-electron chi connectivity index (χ4n) is 5.86. The molecule has 3 fully saturated rings. The van der Waals surface area contributed by atoms with Crippen LogP contribution in [0.3, 0.4) is 0 Å². The highest BCUT2D eigenvalue weighted by Gasteiger charge is 2.34. The maximum Gasteiger partial charge on any atom is 0.253 e. The molecule has 2 atom stereocenters. The lowest BCUT2D eigenvalue weighted by molar-refractivity contribution is -0.0383. The molecule has 2 saturated heterocycles. The van der Waals surface area contributed by atoms with Crippen LogP contribution in [0.2, 0.25) is 0 Å². The number of rotatable bonds is 5. The van der Waals surface area contributed by atoms with Crippen LogP contribution in [-0.4, -0.2) is 75.4 Å². The maximum atomic E-state index is 13.4. The molecule has 3 aromatic heterocycles. The minimum Gasteiger partial charge on any atom is -0.481 e. The Morgan fingerprint density at radius 2 is 2.05 bits per heavy atom. The normalized spacial score (nSPS) is 21.9. The Labute approximate surface area is 215 Å². The third kappa shape index (κ3) is 3.97. The van der Waals surface area contributed by atoms with E-state index in [1.165, 1.54) is 12.8 Å². The van der Waals surface area contributed by atoms with E-state index in [0.717, 1.165) is 59.7 Å². The van der Waals surface area contributed by atoms with Gasteiger partial charge in [0.1, 0.15) is 5.65 Å². The van der Waals surface area contributed by atoms with Gasteiger partial charge in [0.25, 0.3) is 5.91 Å². The summed E-state index contributed by atoms with van der Waals surface area (Å²) in [5.41, 5.74) is 4.47. The Bertz CT molecular complexity index is 1500. The fraction of sp³-hybridized carbons (Fsp3) is 0.464. The largest absolute Gasteiger partial charge is 0.481 e. The zero-order chi connectivity index (χ0) is 25.1. The van der Waals surface area contributed by atoms with Crippen molar-refractivity contribution in [2.45, 2.75) is 38.0 Å². The van der Waals surface area contributed by atoms with Crippen molar-refractivity contribution in [1.82, 2.24) is 29.3 Å². The van der Waals surface area contributed by atoms with Crippen LogP contribution in [0.5, 0.6) is 5.88 Å². The van der Waals surface area contributed by atoms with Gasteiger partial charge in [0.05, 0.1) is 42.6 Å². The lowest BCUT2D eigenvalue weighted by Gasteiger charge is -2.41. The minimum atomic E-state index is 0.0547. The van der Waals surface area contributed by atoms with Crippen LogP contribution in [0, 0.1) is 5.92 Å². The standard InChI is InChI=1S/C28H32N6O3/c1-32-22-7-5-19(28(35)33-11-9-24-21(16-33)29-10-12-37-24)13-20(22)30-27(32)23-14-18-6-8-25(36-2)31-26(18)34(23)15-17-3-4-17/h5-8,13-14,17,21,24,29H,3-4,9-12,15-16H2,1-2H3/t21-,24?/m0/s1. The molecule has 9 heteroatoms. The second-order valence-electron chi connectivity index (χ2n) is 10.6. The minimum absolute atomic E-state index is 0.0547. The molecule has 4 aromatic rings. The first kappa shape index (κ1) is 22.7. The molecule has 1 aromatic carbocycles. The van der Waals surface area contributed by atoms with E-state index in [1.807, 2.05) is 36.2 Å². The first-order chi connectivity index (χ1) is 18.1. The second-order valence-corrected chi connectivity index (χ2v) is 10.6. The van der Waals surface area contributed by atoms with Crippen LogP contribution < -0.4 is 10.1 Å². The molecule has 7 rings (SSSR count). The number of aryl methyl sites for hydroxylation is 1. The van der Waals surface area contributed by atoms with E-state index >= 15 is 0 Å². The summed E-state index contributed by atoms with van der Waals surface area (Å²) < 4.78 is 15.7. The number of nitrogens with zero attached hydrogens (tertiary/aromatic N) is 5. The van der Waals surface area contributed by atoms with E-state index in [4.69, 9.17) is 19.4 Å². The highest BCUT2D eigenvalue weighted by Crippen LogP contribution is 2.36. The van der Waals surface area contributed by atoms with Gasteiger partial charge in [-0.3, -0.25) is 4.79 Å². The first-order valence-electron chi connectivity index (χ1n) is 13.2. The highest BCUT2D eigenvalue weighted by atomic mass is 16.5. The predicted molar refractivity (Wildman–Crippen MR) is 141 cm³/mol. The monoisotopic (exact) mass is 500 g/mol. The summed E-state index contributed by atoms with van der Waals surface area (Å²) in [6, 6.07) is 12.2. The van der Waals surface area contributed by atoms with Gasteiger partial charge in [0.2, 0.25) is 5.88 Å². The number of hydrogen-bond acceptors (Lipinski definition) is 6. The number of piperidine rings is 1. The van der Waals surface area contributed by atoms with Gasteiger partial charge < -0.3 is 28.8 Å². The number of ether oxygens (including phenoxy) is 2. The third-order valence-corrected chi connectivity index (χ3v) is 8.10. The second kappa shape index (κ2) is 8.85. The summed E-state index contributed by atoms with van der Waals surface area (Å²) in [5.74, 6) is 2.22.